The number of nitro groups is 1. The lowest BCUT2D eigenvalue weighted by atomic mass is 10.2. The average Bonchev–Trinajstić information content (AvgIpc) is 2.72. The molecular weight excluding hydrogens is 320 g/mol. The number of nitrogens with zero attached hydrogens (tertiary/aromatic N) is 3. The van der Waals surface area contributed by atoms with Gasteiger partial charge in [-0.2, -0.15) is 0 Å². The highest BCUT2D eigenvalue weighted by Crippen LogP contribution is 2.30. The monoisotopic (exact) mass is 338 g/mol. The molecule has 23 heavy (non-hydrogen) atoms. The quantitative estimate of drug-likeness (QED) is 0.670. The van der Waals surface area contributed by atoms with Crippen molar-refractivity contribution in [2.75, 3.05) is 32.0 Å². The fourth-order valence-electron chi connectivity index (χ4n) is 3.53. The van der Waals surface area contributed by atoms with Crippen LogP contribution in [0.3, 0.4) is 0 Å². The first kappa shape index (κ1) is 16.2. The Bertz CT molecular complexity index is 625. The van der Waals surface area contributed by atoms with Crippen molar-refractivity contribution in [2.45, 2.75) is 24.9 Å². The van der Waals surface area contributed by atoms with Crippen LogP contribution < -0.4 is 5.32 Å². The molecule has 1 N–H and O–H groups in total. The maximum absolute atomic E-state index is 12.3. The topological polar surface area (TPSA) is 78.7 Å². The van der Waals surface area contributed by atoms with Crippen LogP contribution in [-0.2, 0) is 4.79 Å². The van der Waals surface area contributed by atoms with E-state index < -0.39 is 4.92 Å². The van der Waals surface area contributed by atoms with Crippen molar-refractivity contribution < 1.29 is 9.72 Å². The van der Waals surface area contributed by atoms with Gasteiger partial charge in [0.1, 0.15) is 0 Å². The third kappa shape index (κ3) is 3.46. The van der Waals surface area contributed by atoms with E-state index >= 15 is 0 Å². The van der Waals surface area contributed by atoms with E-state index in [1.54, 1.807) is 0 Å². The molecule has 2 heterocycles. The van der Waals surface area contributed by atoms with Crippen LogP contribution in [0.15, 0.2) is 18.2 Å². The highest BCUT2D eigenvalue weighted by Gasteiger charge is 2.39. The van der Waals surface area contributed by atoms with Crippen molar-refractivity contribution in [3.63, 3.8) is 0 Å². The normalized spacial score (nSPS) is 24.6. The van der Waals surface area contributed by atoms with Gasteiger partial charge in [0.2, 0.25) is 5.91 Å². The molecule has 124 valence electrons. The summed E-state index contributed by atoms with van der Waals surface area (Å²) in [7, 11) is 2.11. The number of carbonyl (C=O) groups is 1. The van der Waals surface area contributed by atoms with Crippen LogP contribution in [-0.4, -0.2) is 59.4 Å². The van der Waals surface area contributed by atoms with Gasteiger partial charge in [-0.25, -0.2) is 0 Å². The van der Waals surface area contributed by atoms with Crippen LogP contribution in [0.2, 0.25) is 5.02 Å². The predicted octanol–water partition coefficient (Wildman–Crippen LogP) is 1.97. The number of nitro benzene ring substituents is 1. The lowest BCUT2D eigenvalue weighted by Crippen LogP contribution is -2.54. The molecule has 3 rings (SSSR count). The second-order valence-electron chi connectivity index (χ2n) is 6.25. The Balaban J connectivity index is 1.63. The zero-order chi connectivity index (χ0) is 16.6. The van der Waals surface area contributed by atoms with E-state index in [0.717, 1.165) is 25.9 Å². The molecule has 0 spiro atoms. The molecule has 0 radical (unpaired) electrons. The van der Waals surface area contributed by atoms with Gasteiger partial charge in [-0.3, -0.25) is 19.8 Å². The number of carbonyl (C=O) groups excluding carboxylic acids is 1. The van der Waals surface area contributed by atoms with Crippen LogP contribution in [0.1, 0.15) is 12.8 Å². The second-order valence-corrected chi connectivity index (χ2v) is 6.66. The molecule has 2 fully saturated rings. The van der Waals surface area contributed by atoms with E-state index in [2.05, 4.69) is 22.2 Å². The SMILES string of the molecule is CN1C[C@H]2CC[C@@H](C1)N2CC(=O)Nc1ccc([N+](=O)[O-])cc1Cl. The summed E-state index contributed by atoms with van der Waals surface area (Å²) >= 11 is 6.01. The molecule has 8 heteroatoms. The standard InChI is InChI=1S/C15H19ClN4O3/c1-18-7-11-2-3-12(8-18)19(11)9-15(21)17-14-5-4-10(20(22)23)6-13(14)16/h4-6,11-12H,2-3,7-9H2,1H3,(H,17,21)/t11-,12+. The summed E-state index contributed by atoms with van der Waals surface area (Å²) in [6, 6.07) is 4.91. The number of non-ortho nitro benzene ring substituents is 1. The fourth-order valence-corrected chi connectivity index (χ4v) is 3.76. The number of hydrogen-bond donors (Lipinski definition) is 1. The smallest absolute Gasteiger partial charge is 0.271 e. The van der Waals surface area contributed by atoms with Crippen LogP contribution >= 0.6 is 11.6 Å². The third-order valence-electron chi connectivity index (χ3n) is 4.58. The highest BCUT2D eigenvalue weighted by atomic mass is 35.5. The lowest BCUT2D eigenvalue weighted by molar-refractivity contribution is -0.384. The molecule has 1 aromatic rings. The minimum atomic E-state index is -0.514. The number of benzene rings is 1. The Morgan fingerprint density at radius 1 is 1.39 bits per heavy atom. The Morgan fingerprint density at radius 3 is 2.61 bits per heavy atom. The number of likely N-dealkylation sites (N-methyl/N-ethyl adjacent to an activating group) is 1. The molecule has 0 aliphatic carbocycles. The van der Waals surface area contributed by atoms with Crippen LogP contribution in [0, 0.1) is 10.1 Å². The first-order valence-corrected chi connectivity index (χ1v) is 8.00. The first-order chi connectivity index (χ1) is 10.9. The summed E-state index contributed by atoms with van der Waals surface area (Å²) < 4.78 is 0. The summed E-state index contributed by atoms with van der Waals surface area (Å²) in [4.78, 5) is 27.1. The van der Waals surface area contributed by atoms with Gasteiger partial charge in [0, 0.05) is 37.3 Å². The van der Waals surface area contributed by atoms with E-state index in [-0.39, 0.29) is 16.6 Å². The van der Waals surface area contributed by atoms with Crippen molar-refractivity contribution >= 4 is 28.9 Å². The number of halogens is 1. The van der Waals surface area contributed by atoms with Crippen molar-refractivity contribution in [1.29, 1.82) is 0 Å². The molecule has 7 nitrogen and oxygen atoms in total. The predicted molar refractivity (Wildman–Crippen MR) is 87.7 cm³/mol. The summed E-state index contributed by atoms with van der Waals surface area (Å²) in [6.07, 6.45) is 2.25. The van der Waals surface area contributed by atoms with Gasteiger partial charge in [-0.15, -0.1) is 0 Å². The van der Waals surface area contributed by atoms with Crippen molar-refractivity contribution in [1.82, 2.24) is 9.80 Å². The Hall–Kier alpha value is -1.70. The Kier molecular flexibility index (Phi) is 4.52. The van der Waals surface area contributed by atoms with Crippen molar-refractivity contribution in [3.8, 4) is 0 Å². The number of hydrogen-bond acceptors (Lipinski definition) is 5. The van der Waals surface area contributed by atoms with E-state index in [9.17, 15) is 14.9 Å². The second kappa shape index (κ2) is 6.43. The largest absolute Gasteiger partial charge is 0.324 e. The molecule has 2 aliphatic rings. The summed E-state index contributed by atoms with van der Waals surface area (Å²) in [5.74, 6) is -0.137. The molecule has 2 saturated heterocycles. The number of likely N-dealkylation sites (tertiary alicyclic amines) is 1. The lowest BCUT2D eigenvalue weighted by Gasteiger charge is -2.38. The third-order valence-corrected chi connectivity index (χ3v) is 4.89. The molecule has 0 aromatic heterocycles. The number of rotatable bonds is 4. The van der Waals surface area contributed by atoms with Gasteiger partial charge in [-0.05, 0) is 26.0 Å². The zero-order valence-corrected chi connectivity index (χ0v) is 13.6. The van der Waals surface area contributed by atoms with Crippen LogP contribution in [0.4, 0.5) is 11.4 Å². The van der Waals surface area contributed by atoms with Gasteiger partial charge >= 0.3 is 0 Å². The Morgan fingerprint density at radius 2 is 2.04 bits per heavy atom. The molecule has 0 saturated carbocycles. The molecule has 2 bridgehead atoms. The molecule has 0 unspecified atom stereocenters. The van der Waals surface area contributed by atoms with Gasteiger partial charge in [0.05, 0.1) is 22.2 Å². The number of nitrogens with one attached hydrogen (secondary N) is 1. The van der Waals surface area contributed by atoms with Gasteiger partial charge in [0.15, 0.2) is 0 Å². The molecule has 2 aliphatic heterocycles. The van der Waals surface area contributed by atoms with Crippen LogP contribution in [0.5, 0.6) is 0 Å². The maximum Gasteiger partial charge on any atom is 0.271 e. The van der Waals surface area contributed by atoms with Gasteiger partial charge in [-0.1, -0.05) is 11.6 Å². The highest BCUT2D eigenvalue weighted by molar-refractivity contribution is 6.34. The van der Waals surface area contributed by atoms with E-state index in [0.29, 0.717) is 24.3 Å². The number of piperazine rings is 1. The Labute approximate surface area is 139 Å². The van der Waals surface area contributed by atoms with Crippen molar-refractivity contribution in [2.24, 2.45) is 0 Å². The summed E-state index contributed by atoms with van der Waals surface area (Å²) in [6.45, 7) is 2.31. The van der Waals surface area contributed by atoms with Gasteiger partial charge < -0.3 is 10.2 Å². The zero-order valence-electron chi connectivity index (χ0n) is 12.9. The molecule has 2 atom stereocenters. The summed E-state index contributed by atoms with van der Waals surface area (Å²) in [5, 5.41) is 13.6. The average molecular weight is 339 g/mol. The van der Waals surface area contributed by atoms with Crippen molar-refractivity contribution in [3.05, 3.63) is 33.3 Å². The maximum atomic E-state index is 12.3. The molecule has 1 aromatic carbocycles. The minimum Gasteiger partial charge on any atom is -0.324 e. The first-order valence-electron chi connectivity index (χ1n) is 7.62. The fraction of sp³-hybridized carbons (Fsp3) is 0.533. The van der Waals surface area contributed by atoms with E-state index in [1.807, 2.05) is 0 Å². The molecular formula is C15H19ClN4O3. The molecule has 1 amide bonds. The van der Waals surface area contributed by atoms with Crippen LogP contribution in [0.25, 0.3) is 0 Å². The number of amides is 1. The summed E-state index contributed by atoms with van der Waals surface area (Å²) in [5.41, 5.74) is 0.314. The number of fused-ring (bicyclic) bond motifs is 2. The van der Waals surface area contributed by atoms with E-state index in [1.165, 1.54) is 18.2 Å². The number of anilines is 1. The van der Waals surface area contributed by atoms with Gasteiger partial charge in [0.25, 0.3) is 5.69 Å². The minimum absolute atomic E-state index is 0.0925. The van der Waals surface area contributed by atoms with E-state index in [4.69, 9.17) is 11.6 Å².